The number of oxazole rings is 1. The topological polar surface area (TPSA) is 74.6 Å². The SMILES string of the molecule is c1ccc(-c2nc(-c3ccc(-n4c5ccccc5c5ccc6c7ccccc7n(-c7ccc(-c8ccc(-c9cccc%10nc(-c%11ccccc%11)oc9%10)cc8)cc7)c6c54)cc3)nc(-c3ccc4ccccc4c3)n2)cc1. The van der Waals surface area contributed by atoms with Gasteiger partial charge in [-0.1, -0.05) is 182 Å². The van der Waals surface area contributed by atoms with Crippen LogP contribution in [0.3, 0.4) is 0 Å². The van der Waals surface area contributed by atoms with Gasteiger partial charge in [-0.3, -0.25) is 0 Å². The molecular weight excluding hydrogens is 917 g/mol. The van der Waals surface area contributed by atoms with Gasteiger partial charge in [-0.2, -0.15) is 0 Å². The number of rotatable bonds is 8. The van der Waals surface area contributed by atoms with Gasteiger partial charge in [-0.05, 0) is 100 Å². The molecule has 4 aromatic heterocycles. The maximum Gasteiger partial charge on any atom is 0.227 e. The smallest absolute Gasteiger partial charge is 0.227 e. The van der Waals surface area contributed by atoms with E-state index >= 15 is 0 Å². The molecule has 0 amide bonds. The summed E-state index contributed by atoms with van der Waals surface area (Å²) in [4.78, 5) is 20.1. The van der Waals surface area contributed by atoms with E-state index in [2.05, 4.69) is 191 Å². The molecule has 7 heteroatoms. The first-order valence-electron chi connectivity index (χ1n) is 25.2. The molecule has 0 bridgehead atoms. The third-order valence-electron chi connectivity index (χ3n) is 14.6. The Hall–Kier alpha value is -10.2. The van der Waals surface area contributed by atoms with Gasteiger partial charge in [0, 0.05) is 60.7 Å². The van der Waals surface area contributed by atoms with Gasteiger partial charge < -0.3 is 13.6 Å². The Kier molecular flexibility index (Phi) is 9.75. The van der Waals surface area contributed by atoms with E-state index in [1.807, 2.05) is 72.8 Å². The second-order valence-electron chi connectivity index (χ2n) is 19.0. The lowest BCUT2D eigenvalue weighted by molar-refractivity contribution is 0.621. The molecule has 15 aromatic rings. The number of aromatic nitrogens is 6. The van der Waals surface area contributed by atoms with Crippen LogP contribution in [0.4, 0.5) is 0 Å². The number of nitrogens with zero attached hydrogens (tertiary/aromatic N) is 6. The lowest BCUT2D eigenvalue weighted by Gasteiger charge is -2.14. The van der Waals surface area contributed by atoms with E-state index in [1.54, 1.807) is 0 Å². The number of hydrogen-bond acceptors (Lipinski definition) is 5. The van der Waals surface area contributed by atoms with Crippen LogP contribution in [0.2, 0.25) is 0 Å². The standard InChI is InChI=1S/C68H42N6O/c1-3-15-47(16-4-1)65-70-66(72-67(71-65)51-31-28-43-14-7-8-19-50(43)42-51)48-34-38-53(39-35-48)74-61-25-12-10-21-56(61)58-41-40-57-55-20-9-11-24-60(55)73(62(57)63(58)74)52-36-32-45(33-37-52)44-26-29-46(30-27-44)54-22-13-23-59-64(54)75-68(69-59)49-17-5-2-6-18-49/h1-42H. The summed E-state index contributed by atoms with van der Waals surface area (Å²) >= 11 is 0. The lowest BCUT2D eigenvalue weighted by atomic mass is 9.99. The van der Waals surface area contributed by atoms with Crippen molar-refractivity contribution in [2.45, 2.75) is 0 Å². The highest BCUT2D eigenvalue weighted by atomic mass is 16.3. The van der Waals surface area contributed by atoms with Crippen molar-refractivity contribution in [3.05, 3.63) is 255 Å². The summed E-state index contributed by atoms with van der Waals surface area (Å²) in [5, 5.41) is 7.07. The molecule has 0 N–H and O–H groups in total. The van der Waals surface area contributed by atoms with Crippen molar-refractivity contribution >= 4 is 65.5 Å². The van der Waals surface area contributed by atoms with E-state index in [0.717, 1.165) is 94.4 Å². The summed E-state index contributed by atoms with van der Waals surface area (Å²) < 4.78 is 11.2. The normalized spacial score (nSPS) is 11.7. The van der Waals surface area contributed by atoms with Gasteiger partial charge >= 0.3 is 0 Å². The van der Waals surface area contributed by atoms with Crippen LogP contribution in [0.25, 0.3) is 145 Å². The molecular formula is C68H42N6O. The molecule has 75 heavy (non-hydrogen) atoms. The average molecular weight is 959 g/mol. The first-order chi connectivity index (χ1) is 37.2. The monoisotopic (exact) mass is 958 g/mol. The molecule has 0 radical (unpaired) electrons. The van der Waals surface area contributed by atoms with Crippen LogP contribution in [0.5, 0.6) is 0 Å². The zero-order chi connectivity index (χ0) is 49.4. The molecule has 350 valence electrons. The van der Waals surface area contributed by atoms with Crippen LogP contribution in [0.15, 0.2) is 259 Å². The highest BCUT2D eigenvalue weighted by Gasteiger charge is 2.22. The maximum absolute atomic E-state index is 6.38. The lowest BCUT2D eigenvalue weighted by Crippen LogP contribution is -2.01. The minimum atomic E-state index is 0.615. The molecule has 7 nitrogen and oxygen atoms in total. The van der Waals surface area contributed by atoms with E-state index in [1.165, 1.54) is 26.9 Å². The summed E-state index contributed by atoms with van der Waals surface area (Å²) in [7, 11) is 0. The summed E-state index contributed by atoms with van der Waals surface area (Å²) in [6, 6.07) is 89.6. The Morgan fingerprint density at radius 1 is 0.293 bits per heavy atom. The fourth-order valence-corrected chi connectivity index (χ4v) is 11.0. The average Bonchev–Trinajstić information content (AvgIpc) is 4.19. The summed E-state index contributed by atoms with van der Waals surface area (Å²) in [6.07, 6.45) is 0. The van der Waals surface area contributed by atoms with Crippen LogP contribution < -0.4 is 0 Å². The molecule has 0 aliphatic carbocycles. The summed E-state index contributed by atoms with van der Waals surface area (Å²) in [6.45, 7) is 0. The molecule has 0 aliphatic rings. The zero-order valence-corrected chi connectivity index (χ0v) is 40.3. The van der Waals surface area contributed by atoms with Crippen molar-refractivity contribution in [1.29, 1.82) is 0 Å². The Morgan fingerprint density at radius 2 is 0.760 bits per heavy atom. The Morgan fingerprint density at radius 3 is 1.37 bits per heavy atom. The molecule has 0 atom stereocenters. The van der Waals surface area contributed by atoms with Gasteiger partial charge in [0.1, 0.15) is 5.52 Å². The van der Waals surface area contributed by atoms with E-state index in [0.29, 0.717) is 23.4 Å². The molecule has 0 unspecified atom stereocenters. The summed E-state index contributed by atoms with van der Waals surface area (Å²) in [5.74, 6) is 2.50. The highest BCUT2D eigenvalue weighted by Crippen LogP contribution is 2.43. The second-order valence-corrected chi connectivity index (χ2v) is 19.0. The third kappa shape index (κ3) is 7.12. The number of benzene rings is 11. The minimum Gasteiger partial charge on any atom is -0.435 e. The Balaban J connectivity index is 0.830. The molecule has 4 heterocycles. The van der Waals surface area contributed by atoms with Gasteiger partial charge in [0.2, 0.25) is 5.89 Å². The predicted molar refractivity (Wildman–Crippen MR) is 306 cm³/mol. The van der Waals surface area contributed by atoms with E-state index < -0.39 is 0 Å². The fraction of sp³-hybridized carbons (Fsp3) is 0. The van der Waals surface area contributed by atoms with Gasteiger partial charge in [0.25, 0.3) is 0 Å². The van der Waals surface area contributed by atoms with Crippen molar-refractivity contribution in [2.24, 2.45) is 0 Å². The van der Waals surface area contributed by atoms with Crippen molar-refractivity contribution < 1.29 is 4.42 Å². The van der Waals surface area contributed by atoms with Crippen molar-refractivity contribution in [2.75, 3.05) is 0 Å². The Labute approximate surface area is 430 Å². The van der Waals surface area contributed by atoms with Crippen LogP contribution >= 0.6 is 0 Å². The van der Waals surface area contributed by atoms with Crippen molar-refractivity contribution in [3.8, 4) is 79.2 Å². The van der Waals surface area contributed by atoms with Gasteiger partial charge in [-0.25, -0.2) is 19.9 Å². The molecule has 0 spiro atoms. The third-order valence-corrected chi connectivity index (χ3v) is 14.6. The molecule has 0 fully saturated rings. The first kappa shape index (κ1) is 42.4. The number of fused-ring (bicyclic) bond motifs is 9. The predicted octanol–water partition coefficient (Wildman–Crippen LogP) is 17.4. The van der Waals surface area contributed by atoms with Gasteiger partial charge in [0.15, 0.2) is 23.1 Å². The second kappa shape index (κ2) is 17.2. The molecule has 15 rings (SSSR count). The molecule has 11 aromatic carbocycles. The van der Waals surface area contributed by atoms with Crippen LogP contribution in [-0.4, -0.2) is 29.1 Å². The van der Waals surface area contributed by atoms with Crippen LogP contribution in [-0.2, 0) is 0 Å². The van der Waals surface area contributed by atoms with Crippen LogP contribution in [0.1, 0.15) is 0 Å². The molecule has 0 saturated heterocycles. The first-order valence-corrected chi connectivity index (χ1v) is 25.2. The number of para-hydroxylation sites is 3. The molecule has 0 aliphatic heterocycles. The van der Waals surface area contributed by atoms with E-state index in [-0.39, 0.29) is 0 Å². The van der Waals surface area contributed by atoms with Crippen LogP contribution in [0, 0.1) is 0 Å². The van der Waals surface area contributed by atoms with Gasteiger partial charge in [0.05, 0.1) is 22.1 Å². The minimum absolute atomic E-state index is 0.615. The quantitative estimate of drug-likeness (QED) is 0.152. The fourth-order valence-electron chi connectivity index (χ4n) is 11.0. The van der Waals surface area contributed by atoms with Crippen molar-refractivity contribution in [1.82, 2.24) is 29.1 Å². The number of hydrogen-bond donors (Lipinski definition) is 0. The Bertz CT molecular complexity index is 4670. The van der Waals surface area contributed by atoms with E-state index in [4.69, 9.17) is 24.4 Å². The van der Waals surface area contributed by atoms with Gasteiger partial charge in [-0.15, -0.1) is 0 Å². The molecule has 0 saturated carbocycles. The zero-order valence-electron chi connectivity index (χ0n) is 40.3. The largest absolute Gasteiger partial charge is 0.435 e. The maximum atomic E-state index is 6.38. The van der Waals surface area contributed by atoms with Crippen molar-refractivity contribution in [3.63, 3.8) is 0 Å². The summed E-state index contributed by atoms with van der Waals surface area (Å²) in [5.41, 5.74) is 16.4. The van der Waals surface area contributed by atoms with E-state index in [9.17, 15) is 0 Å². The highest BCUT2D eigenvalue weighted by molar-refractivity contribution is 6.23.